The monoisotopic (exact) mass is 336 g/mol. The molecule has 0 saturated carbocycles. The molecule has 0 amide bonds. The van der Waals surface area contributed by atoms with Gasteiger partial charge in [0.25, 0.3) is 0 Å². The van der Waals surface area contributed by atoms with Crippen LogP contribution in [0.25, 0.3) is 0 Å². The number of nitrogen functional groups attached to an aromatic ring is 1. The quantitative estimate of drug-likeness (QED) is 0.809. The van der Waals surface area contributed by atoms with Crippen LogP contribution in [0.5, 0.6) is 0 Å². The summed E-state index contributed by atoms with van der Waals surface area (Å²) in [5.41, 5.74) is 8.37. The fourth-order valence-corrected chi connectivity index (χ4v) is 2.52. The molecule has 106 valence electrons. The number of anilines is 2. The fourth-order valence-electron chi connectivity index (χ4n) is 2.19. The molecule has 0 aliphatic carbocycles. The number of nitrogens with zero attached hydrogens (tertiary/aromatic N) is 1. The maximum absolute atomic E-state index is 14.0. The number of hydrogen-bond donors (Lipinski definition) is 1. The maximum Gasteiger partial charge on any atom is 0.129 e. The number of halogens is 2. The van der Waals surface area contributed by atoms with E-state index >= 15 is 0 Å². The molecule has 20 heavy (non-hydrogen) atoms. The number of rotatable bonds is 5. The molecule has 2 aromatic carbocycles. The van der Waals surface area contributed by atoms with Gasteiger partial charge in [0, 0.05) is 23.1 Å². The topological polar surface area (TPSA) is 29.3 Å². The van der Waals surface area contributed by atoms with E-state index in [9.17, 15) is 4.39 Å². The molecule has 0 aliphatic rings. The van der Waals surface area contributed by atoms with Crippen LogP contribution in [0, 0.1) is 5.82 Å². The number of benzene rings is 2. The van der Waals surface area contributed by atoms with Crippen molar-refractivity contribution >= 4 is 27.3 Å². The van der Waals surface area contributed by atoms with Crippen LogP contribution in [0.3, 0.4) is 0 Å². The van der Waals surface area contributed by atoms with Crippen molar-refractivity contribution in [1.29, 1.82) is 0 Å². The van der Waals surface area contributed by atoms with Crippen molar-refractivity contribution in [3.8, 4) is 0 Å². The third kappa shape index (κ3) is 3.51. The van der Waals surface area contributed by atoms with Gasteiger partial charge in [-0.05, 0) is 30.7 Å². The highest BCUT2D eigenvalue weighted by Crippen LogP contribution is 2.26. The Morgan fingerprint density at radius 3 is 2.60 bits per heavy atom. The first kappa shape index (κ1) is 14.9. The van der Waals surface area contributed by atoms with E-state index in [-0.39, 0.29) is 5.82 Å². The van der Waals surface area contributed by atoms with Gasteiger partial charge in [0.15, 0.2) is 0 Å². The van der Waals surface area contributed by atoms with Crippen molar-refractivity contribution in [2.75, 3.05) is 17.2 Å². The van der Waals surface area contributed by atoms with E-state index in [1.165, 1.54) is 6.07 Å². The van der Waals surface area contributed by atoms with Gasteiger partial charge in [-0.2, -0.15) is 0 Å². The van der Waals surface area contributed by atoms with Gasteiger partial charge in [-0.3, -0.25) is 0 Å². The van der Waals surface area contributed by atoms with Gasteiger partial charge in [-0.15, -0.1) is 0 Å². The van der Waals surface area contributed by atoms with Gasteiger partial charge < -0.3 is 10.6 Å². The van der Waals surface area contributed by atoms with Crippen LogP contribution in [-0.2, 0) is 6.54 Å². The van der Waals surface area contributed by atoms with Crippen molar-refractivity contribution in [3.63, 3.8) is 0 Å². The molecule has 0 saturated heterocycles. The fraction of sp³-hybridized carbons (Fsp3) is 0.250. The van der Waals surface area contributed by atoms with Crippen LogP contribution in [0.4, 0.5) is 15.8 Å². The summed E-state index contributed by atoms with van der Waals surface area (Å²) in [6.45, 7) is 3.45. The van der Waals surface area contributed by atoms with Crippen molar-refractivity contribution in [2.24, 2.45) is 0 Å². The van der Waals surface area contributed by atoms with Gasteiger partial charge in [0.05, 0.1) is 11.4 Å². The average Bonchev–Trinajstić information content (AvgIpc) is 2.42. The maximum atomic E-state index is 14.0. The van der Waals surface area contributed by atoms with E-state index in [1.54, 1.807) is 6.07 Å². The summed E-state index contributed by atoms with van der Waals surface area (Å²) in [7, 11) is 0. The first-order chi connectivity index (χ1) is 9.61. The first-order valence-electron chi connectivity index (χ1n) is 6.65. The zero-order valence-corrected chi connectivity index (χ0v) is 13.0. The summed E-state index contributed by atoms with van der Waals surface area (Å²) >= 11 is 3.28. The third-order valence-corrected chi connectivity index (χ3v) is 3.64. The molecule has 4 heteroatoms. The van der Waals surface area contributed by atoms with Crippen molar-refractivity contribution in [2.45, 2.75) is 19.9 Å². The van der Waals surface area contributed by atoms with Gasteiger partial charge in [0.1, 0.15) is 5.82 Å². The number of nitrogens with two attached hydrogens (primary N) is 1. The minimum atomic E-state index is -0.199. The van der Waals surface area contributed by atoms with Gasteiger partial charge in [-0.1, -0.05) is 41.1 Å². The Morgan fingerprint density at radius 2 is 1.95 bits per heavy atom. The Labute approximate surface area is 127 Å². The molecule has 0 aliphatic heterocycles. The Balaban J connectivity index is 2.28. The number of para-hydroxylation sites is 2. The second-order valence-corrected chi connectivity index (χ2v) is 5.63. The molecule has 0 radical (unpaired) electrons. The highest BCUT2D eigenvalue weighted by molar-refractivity contribution is 9.10. The molecular weight excluding hydrogens is 319 g/mol. The summed E-state index contributed by atoms with van der Waals surface area (Å²) in [4.78, 5) is 2.11. The highest BCUT2D eigenvalue weighted by Gasteiger charge is 2.12. The molecule has 0 atom stereocenters. The van der Waals surface area contributed by atoms with Crippen molar-refractivity contribution in [3.05, 3.63) is 58.3 Å². The van der Waals surface area contributed by atoms with Crippen LogP contribution in [0.1, 0.15) is 18.9 Å². The van der Waals surface area contributed by atoms with E-state index in [1.807, 2.05) is 30.3 Å². The molecule has 0 unspecified atom stereocenters. The SMILES string of the molecule is CCCN(Cc1ccc(Br)cc1F)c1ccccc1N. The largest absolute Gasteiger partial charge is 0.397 e. The zero-order valence-electron chi connectivity index (χ0n) is 11.4. The lowest BCUT2D eigenvalue weighted by molar-refractivity contribution is 0.602. The lowest BCUT2D eigenvalue weighted by atomic mass is 10.1. The predicted octanol–water partition coefficient (Wildman–Crippen LogP) is 4.59. The zero-order chi connectivity index (χ0) is 14.5. The molecule has 0 bridgehead atoms. The Hall–Kier alpha value is -1.55. The summed E-state index contributed by atoms with van der Waals surface area (Å²) in [5, 5.41) is 0. The van der Waals surface area contributed by atoms with E-state index in [0.717, 1.165) is 28.8 Å². The van der Waals surface area contributed by atoms with E-state index in [4.69, 9.17) is 5.73 Å². The average molecular weight is 337 g/mol. The standard InChI is InChI=1S/C16H18BrFN2/c1-2-9-20(16-6-4-3-5-15(16)19)11-12-7-8-13(17)10-14(12)18/h3-8,10H,2,9,11,19H2,1H3. The predicted molar refractivity (Wildman–Crippen MR) is 86.3 cm³/mol. The van der Waals surface area contributed by atoms with Crippen LogP contribution < -0.4 is 10.6 Å². The van der Waals surface area contributed by atoms with Crippen LogP contribution in [0.2, 0.25) is 0 Å². The molecule has 0 aromatic heterocycles. The minimum Gasteiger partial charge on any atom is -0.397 e. The first-order valence-corrected chi connectivity index (χ1v) is 7.44. The molecule has 0 heterocycles. The van der Waals surface area contributed by atoms with E-state index in [2.05, 4.69) is 27.8 Å². The summed E-state index contributed by atoms with van der Waals surface area (Å²) in [6.07, 6.45) is 0.979. The molecule has 2 rings (SSSR count). The lowest BCUT2D eigenvalue weighted by Crippen LogP contribution is -2.25. The lowest BCUT2D eigenvalue weighted by Gasteiger charge is -2.26. The van der Waals surface area contributed by atoms with E-state index in [0.29, 0.717) is 12.1 Å². The molecule has 0 spiro atoms. The Kier molecular flexibility index (Phi) is 5.01. The number of hydrogen-bond acceptors (Lipinski definition) is 2. The normalized spacial score (nSPS) is 10.6. The second kappa shape index (κ2) is 6.75. The van der Waals surface area contributed by atoms with Gasteiger partial charge in [-0.25, -0.2) is 4.39 Å². The minimum absolute atomic E-state index is 0.199. The molecular formula is C16H18BrFN2. The van der Waals surface area contributed by atoms with Gasteiger partial charge in [0.2, 0.25) is 0 Å². The highest BCUT2D eigenvalue weighted by atomic mass is 79.9. The molecule has 2 aromatic rings. The van der Waals surface area contributed by atoms with Crippen LogP contribution in [-0.4, -0.2) is 6.54 Å². The van der Waals surface area contributed by atoms with Gasteiger partial charge >= 0.3 is 0 Å². The molecule has 0 fully saturated rings. The van der Waals surface area contributed by atoms with Crippen molar-refractivity contribution < 1.29 is 4.39 Å². The third-order valence-electron chi connectivity index (χ3n) is 3.15. The Bertz CT molecular complexity index is 586. The molecule has 2 N–H and O–H groups in total. The molecule has 2 nitrogen and oxygen atoms in total. The van der Waals surface area contributed by atoms with Crippen LogP contribution in [0.15, 0.2) is 46.9 Å². The summed E-state index contributed by atoms with van der Waals surface area (Å²) in [6, 6.07) is 12.9. The summed E-state index contributed by atoms with van der Waals surface area (Å²) in [5.74, 6) is -0.199. The van der Waals surface area contributed by atoms with E-state index < -0.39 is 0 Å². The summed E-state index contributed by atoms with van der Waals surface area (Å²) < 4.78 is 14.7. The van der Waals surface area contributed by atoms with Crippen molar-refractivity contribution in [1.82, 2.24) is 0 Å². The second-order valence-electron chi connectivity index (χ2n) is 4.72. The van der Waals surface area contributed by atoms with Crippen LogP contribution >= 0.6 is 15.9 Å². The smallest absolute Gasteiger partial charge is 0.129 e. The Morgan fingerprint density at radius 1 is 1.20 bits per heavy atom.